The molecule has 0 spiro atoms. The summed E-state index contributed by atoms with van der Waals surface area (Å²) in [4.78, 5) is 11.8. The SMILES string of the molecule is CCOCCOCc1cccc(NC(=O)CCCN)c1C. The van der Waals surface area contributed by atoms with E-state index in [9.17, 15) is 4.79 Å². The molecule has 0 bridgehead atoms. The van der Waals surface area contributed by atoms with Gasteiger partial charge < -0.3 is 20.5 Å². The lowest BCUT2D eigenvalue weighted by Crippen LogP contribution is -2.14. The lowest BCUT2D eigenvalue weighted by atomic mass is 10.1. The highest BCUT2D eigenvalue weighted by atomic mass is 16.5. The van der Waals surface area contributed by atoms with Crippen LogP contribution in [0.25, 0.3) is 0 Å². The Kier molecular flexibility index (Phi) is 8.66. The summed E-state index contributed by atoms with van der Waals surface area (Å²) in [5, 5.41) is 2.92. The van der Waals surface area contributed by atoms with Gasteiger partial charge in [0.15, 0.2) is 0 Å². The molecule has 1 aromatic carbocycles. The van der Waals surface area contributed by atoms with Crippen LogP contribution >= 0.6 is 0 Å². The molecule has 1 aromatic rings. The number of hydrogen-bond donors (Lipinski definition) is 2. The second-order valence-corrected chi connectivity index (χ2v) is 4.78. The van der Waals surface area contributed by atoms with Crippen molar-refractivity contribution < 1.29 is 14.3 Å². The van der Waals surface area contributed by atoms with Crippen molar-refractivity contribution in [3.05, 3.63) is 29.3 Å². The second-order valence-electron chi connectivity index (χ2n) is 4.78. The average molecular weight is 294 g/mol. The van der Waals surface area contributed by atoms with E-state index >= 15 is 0 Å². The highest BCUT2D eigenvalue weighted by Crippen LogP contribution is 2.20. The molecular formula is C16H26N2O3. The number of carbonyl (C=O) groups is 1. The molecule has 1 rings (SSSR count). The number of anilines is 1. The number of rotatable bonds is 10. The number of nitrogens with two attached hydrogens (primary N) is 1. The molecule has 0 saturated heterocycles. The number of carbonyl (C=O) groups excluding carboxylic acids is 1. The van der Waals surface area contributed by atoms with E-state index in [1.807, 2.05) is 32.0 Å². The molecule has 21 heavy (non-hydrogen) atoms. The maximum Gasteiger partial charge on any atom is 0.224 e. The molecule has 118 valence electrons. The monoisotopic (exact) mass is 294 g/mol. The van der Waals surface area contributed by atoms with Gasteiger partial charge in [-0.3, -0.25) is 4.79 Å². The highest BCUT2D eigenvalue weighted by Gasteiger charge is 2.07. The van der Waals surface area contributed by atoms with E-state index in [1.54, 1.807) is 0 Å². The van der Waals surface area contributed by atoms with Crippen LogP contribution < -0.4 is 11.1 Å². The number of benzene rings is 1. The van der Waals surface area contributed by atoms with E-state index in [0.717, 1.165) is 16.8 Å². The average Bonchev–Trinajstić information content (AvgIpc) is 2.48. The summed E-state index contributed by atoms with van der Waals surface area (Å²) >= 11 is 0. The molecule has 0 aliphatic rings. The Bertz CT molecular complexity index is 436. The Labute approximate surface area is 126 Å². The van der Waals surface area contributed by atoms with Crippen molar-refractivity contribution in [2.45, 2.75) is 33.3 Å². The Hall–Kier alpha value is -1.43. The molecule has 0 saturated carbocycles. The Morgan fingerprint density at radius 3 is 2.76 bits per heavy atom. The minimum Gasteiger partial charge on any atom is -0.379 e. The summed E-state index contributed by atoms with van der Waals surface area (Å²) < 4.78 is 10.8. The van der Waals surface area contributed by atoms with Crippen molar-refractivity contribution in [2.75, 3.05) is 31.7 Å². The van der Waals surface area contributed by atoms with Gasteiger partial charge in [-0.25, -0.2) is 0 Å². The zero-order valence-corrected chi connectivity index (χ0v) is 13.0. The van der Waals surface area contributed by atoms with Gasteiger partial charge in [0.05, 0.1) is 19.8 Å². The van der Waals surface area contributed by atoms with Gasteiger partial charge in [0, 0.05) is 18.7 Å². The van der Waals surface area contributed by atoms with Crippen LogP contribution in [-0.2, 0) is 20.9 Å². The van der Waals surface area contributed by atoms with Gasteiger partial charge in [0.1, 0.15) is 0 Å². The first kappa shape index (κ1) is 17.6. The van der Waals surface area contributed by atoms with Gasteiger partial charge in [0.25, 0.3) is 0 Å². The van der Waals surface area contributed by atoms with Crippen LogP contribution in [0.4, 0.5) is 5.69 Å². The van der Waals surface area contributed by atoms with Crippen molar-refractivity contribution in [1.82, 2.24) is 0 Å². The zero-order chi connectivity index (χ0) is 15.5. The Balaban J connectivity index is 2.51. The smallest absolute Gasteiger partial charge is 0.224 e. The third kappa shape index (κ3) is 6.71. The highest BCUT2D eigenvalue weighted by molar-refractivity contribution is 5.91. The van der Waals surface area contributed by atoms with Gasteiger partial charge in [-0.2, -0.15) is 0 Å². The van der Waals surface area contributed by atoms with Crippen molar-refractivity contribution in [2.24, 2.45) is 5.73 Å². The van der Waals surface area contributed by atoms with Crippen LogP contribution in [0.15, 0.2) is 18.2 Å². The Morgan fingerprint density at radius 1 is 1.29 bits per heavy atom. The topological polar surface area (TPSA) is 73.6 Å². The summed E-state index contributed by atoms with van der Waals surface area (Å²) in [6.07, 6.45) is 1.15. The van der Waals surface area contributed by atoms with E-state index in [1.165, 1.54) is 0 Å². The van der Waals surface area contributed by atoms with E-state index in [2.05, 4.69) is 5.32 Å². The normalized spacial score (nSPS) is 10.6. The molecule has 1 amide bonds. The fourth-order valence-corrected chi connectivity index (χ4v) is 1.89. The molecule has 5 nitrogen and oxygen atoms in total. The molecule has 0 unspecified atom stereocenters. The number of nitrogens with one attached hydrogen (secondary N) is 1. The minimum atomic E-state index is -0.00189. The van der Waals surface area contributed by atoms with Crippen LogP contribution in [0, 0.1) is 6.92 Å². The maximum atomic E-state index is 11.8. The molecule has 5 heteroatoms. The molecule has 0 atom stereocenters. The molecule has 0 heterocycles. The van der Waals surface area contributed by atoms with Crippen LogP contribution in [0.2, 0.25) is 0 Å². The van der Waals surface area contributed by atoms with Crippen molar-refractivity contribution in [1.29, 1.82) is 0 Å². The summed E-state index contributed by atoms with van der Waals surface area (Å²) in [5.74, 6) is -0.00189. The molecule has 0 aromatic heterocycles. The molecular weight excluding hydrogens is 268 g/mol. The summed E-state index contributed by atoms with van der Waals surface area (Å²) in [5.41, 5.74) is 8.35. The van der Waals surface area contributed by atoms with E-state index < -0.39 is 0 Å². The van der Waals surface area contributed by atoms with Crippen molar-refractivity contribution in [3.8, 4) is 0 Å². The Morgan fingerprint density at radius 2 is 2.05 bits per heavy atom. The first-order valence-electron chi connectivity index (χ1n) is 7.43. The van der Waals surface area contributed by atoms with E-state index in [4.69, 9.17) is 15.2 Å². The van der Waals surface area contributed by atoms with Crippen LogP contribution in [-0.4, -0.2) is 32.3 Å². The van der Waals surface area contributed by atoms with E-state index in [0.29, 0.717) is 45.8 Å². The summed E-state index contributed by atoms with van der Waals surface area (Å²) in [7, 11) is 0. The quantitative estimate of drug-likeness (QED) is 0.649. The first-order chi connectivity index (χ1) is 10.2. The van der Waals surface area contributed by atoms with Crippen molar-refractivity contribution >= 4 is 11.6 Å². The van der Waals surface area contributed by atoms with E-state index in [-0.39, 0.29) is 5.91 Å². The third-order valence-corrected chi connectivity index (χ3v) is 3.16. The third-order valence-electron chi connectivity index (χ3n) is 3.16. The van der Waals surface area contributed by atoms with Gasteiger partial charge in [0.2, 0.25) is 5.91 Å². The predicted molar refractivity (Wildman–Crippen MR) is 84.2 cm³/mol. The number of amides is 1. The number of hydrogen-bond acceptors (Lipinski definition) is 4. The zero-order valence-electron chi connectivity index (χ0n) is 13.0. The maximum absolute atomic E-state index is 11.8. The minimum absolute atomic E-state index is 0.00189. The first-order valence-corrected chi connectivity index (χ1v) is 7.43. The largest absolute Gasteiger partial charge is 0.379 e. The molecule has 3 N–H and O–H groups in total. The number of ether oxygens (including phenoxy) is 2. The van der Waals surface area contributed by atoms with Crippen LogP contribution in [0.1, 0.15) is 30.9 Å². The summed E-state index contributed by atoms with van der Waals surface area (Å²) in [6.45, 7) is 6.87. The lowest BCUT2D eigenvalue weighted by Gasteiger charge is -2.13. The van der Waals surface area contributed by atoms with Crippen LogP contribution in [0.5, 0.6) is 0 Å². The second kappa shape index (κ2) is 10.3. The molecule has 0 radical (unpaired) electrons. The van der Waals surface area contributed by atoms with Crippen LogP contribution in [0.3, 0.4) is 0 Å². The molecule has 0 fully saturated rings. The lowest BCUT2D eigenvalue weighted by molar-refractivity contribution is -0.116. The van der Waals surface area contributed by atoms with Gasteiger partial charge >= 0.3 is 0 Å². The fourth-order valence-electron chi connectivity index (χ4n) is 1.89. The molecule has 0 aliphatic carbocycles. The van der Waals surface area contributed by atoms with Gasteiger partial charge in [-0.15, -0.1) is 0 Å². The molecule has 0 aliphatic heterocycles. The fraction of sp³-hybridized carbons (Fsp3) is 0.562. The van der Waals surface area contributed by atoms with Gasteiger partial charge in [-0.1, -0.05) is 12.1 Å². The predicted octanol–water partition coefficient (Wildman–Crippen LogP) is 2.23. The van der Waals surface area contributed by atoms with Crippen molar-refractivity contribution in [3.63, 3.8) is 0 Å². The summed E-state index contributed by atoms with van der Waals surface area (Å²) in [6, 6.07) is 5.83. The van der Waals surface area contributed by atoms with Gasteiger partial charge in [-0.05, 0) is 44.0 Å². The standard InChI is InChI=1S/C16H26N2O3/c1-3-20-10-11-21-12-14-6-4-7-15(13(14)2)18-16(19)8-5-9-17/h4,6-7H,3,5,8-12,17H2,1-2H3,(H,18,19).